The van der Waals surface area contributed by atoms with Gasteiger partial charge < -0.3 is 9.31 Å². The third-order valence-electron chi connectivity index (χ3n) is 4.29. The molecule has 0 atom stereocenters. The normalized spacial score (nSPS) is 20.9. The Morgan fingerprint density at radius 2 is 1.47 bits per heavy atom. The molecule has 0 amide bonds. The molecule has 1 saturated heterocycles. The maximum Gasteiger partial charge on any atom is 0.495 e. The molecule has 0 aromatic heterocycles. The molecule has 0 saturated carbocycles. The van der Waals surface area contributed by atoms with Crippen LogP contribution in [0.5, 0.6) is 0 Å². The topological polar surface area (TPSA) is 18.5 Å². The van der Waals surface area contributed by atoms with Crippen LogP contribution in [0.2, 0.25) is 0 Å². The van der Waals surface area contributed by atoms with Crippen LogP contribution in [0, 0.1) is 13.8 Å². The van der Waals surface area contributed by atoms with Crippen LogP contribution in [0.1, 0.15) is 38.8 Å². The number of aryl methyl sites for hydroxylation is 2. The van der Waals surface area contributed by atoms with Crippen LogP contribution in [-0.4, -0.2) is 24.6 Å². The van der Waals surface area contributed by atoms with Gasteiger partial charge in [-0.15, -0.1) is 11.8 Å². The number of rotatable bonds is 2. The zero-order valence-electron chi connectivity index (χ0n) is 13.0. The predicted octanol–water partition coefficient (Wildman–Crippen LogP) is 3.32. The van der Waals surface area contributed by atoms with Crippen molar-refractivity contribution in [1.82, 2.24) is 0 Å². The summed E-state index contributed by atoms with van der Waals surface area (Å²) >= 11 is 1.77. The number of benzene rings is 1. The molecule has 0 radical (unpaired) electrons. The van der Waals surface area contributed by atoms with Gasteiger partial charge in [0, 0.05) is 4.90 Å². The quantitative estimate of drug-likeness (QED) is 0.610. The Labute approximate surface area is 121 Å². The van der Waals surface area contributed by atoms with Gasteiger partial charge in [-0.2, -0.15) is 0 Å². The summed E-state index contributed by atoms with van der Waals surface area (Å²) in [6.45, 7) is 12.6. The fraction of sp³-hybridized carbons (Fsp3) is 0.600. The van der Waals surface area contributed by atoms with E-state index in [2.05, 4.69) is 59.9 Å². The van der Waals surface area contributed by atoms with Crippen molar-refractivity contribution in [3.63, 3.8) is 0 Å². The first kappa shape index (κ1) is 15.0. The first-order valence-electron chi connectivity index (χ1n) is 6.69. The predicted molar refractivity (Wildman–Crippen MR) is 83.4 cm³/mol. The Morgan fingerprint density at radius 1 is 0.947 bits per heavy atom. The van der Waals surface area contributed by atoms with Crippen molar-refractivity contribution in [1.29, 1.82) is 0 Å². The maximum atomic E-state index is 6.14. The summed E-state index contributed by atoms with van der Waals surface area (Å²) in [5.41, 5.74) is 3.12. The second kappa shape index (κ2) is 4.83. The van der Waals surface area contributed by atoms with E-state index < -0.39 is 0 Å². The first-order valence-corrected chi connectivity index (χ1v) is 7.91. The van der Waals surface area contributed by atoms with Gasteiger partial charge in [0.1, 0.15) is 0 Å². The van der Waals surface area contributed by atoms with Gasteiger partial charge in [0.05, 0.1) is 11.2 Å². The first-order chi connectivity index (χ1) is 8.68. The van der Waals surface area contributed by atoms with Crippen LogP contribution in [-0.2, 0) is 9.31 Å². The Hall–Kier alpha value is -0.445. The van der Waals surface area contributed by atoms with E-state index in [9.17, 15) is 0 Å². The monoisotopic (exact) mass is 278 g/mol. The van der Waals surface area contributed by atoms with Crippen LogP contribution in [0.15, 0.2) is 17.0 Å². The summed E-state index contributed by atoms with van der Waals surface area (Å²) in [7, 11) is -0.267. The van der Waals surface area contributed by atoms with Gasteiger partial charge in [-0.3, -0.25) is 0 Å². The third kappa shape index (κ3) is 2.58. The molecule has 1 heterocycles. The molecule has 1 aromatic carbocycles. The van der Waals surface area contributed by atoms with E-state index in [1.165, 1.54) is 16.0 Å². The van der Waals surface area contributed by atoms with Crippen molar-refractivity contribution in [2.45, 2.75) is 57.6 Å². The molecule has 19 heavy (non-hydrogen) atoms. The molecule has 2 nitrogen and oxygen atoms in total. The van der Waals surface area contributed by atoms with E-state index in [1.807, 2.05) is 0 Å². The third-order valence-corrected chi connectivity index (χ3v) is 5.17. The van der Waals surface area contributed by atoms with Crippen LogP contribution < -0.4 is 5.46 Å². The summed E-state index contributed by atoms with van der Waals surface area (Å²) in [4.78, 5) is 1.29. The maximum absolute atomic E-state index is 6.14. The highest BCUT2D eigenvalue weighted by molar-refractivity contribution is 7.98. The second-order valence-corrected chi connectivity index (χ2v) is 7.11. The minimum absolute atomic E-state index is 0.267. The van der Waals surface area contributed by atoms with Crippen LogP contribution in [0.4, 0.5) is 0 Å². The molecule has 1 aliphatic rings. The van der Waals surface area contributed by atoms with E-state index >= 15 is 0 Å². The fourth-order valence-electron chi connectivity index (χ4n) is 2.29. The molecule has 104 valence electrons. The lowest BCUT2D eigenvalue weighted by Crippen LogP contribution is -2.41. The van der Waals surface area contributed by atoms with Crippen molar-refractivity contribution in [2.24, 2.45) is 0 Å². The Balaban J connectivity index is 2.39. The van der Waals surface area contributed by atoms with Gasteiger partial charge in [-0.05, 0) is 64.9 Å². The number of hydrogen-bond donors (Lipinski definition) is 0. The van der Waals surface area contributed by atoms with Crippen molar-refractivity contribution < 1.29 is 9.31 Å². The van der Waals surface area contributed by atoms with E-state index in [0.717, 1.165) is 5.46 Å². The Kier molecular flexibility index (Phi) is 3.80. The molecule has 0 bridgehead atoms. The van der Waals surface area contributed by atoms with Gasteiger partial charge in [0.2, 0.25) is 0 Å². The number of hydrogen-bond acceptors (Lipinski definition) is 3. The van der Waals surface area contributed by atoms with Gasteiger partial charge in [0.25, 0.3) is 0 Å². The molecule has 1 aliphatic heterocycles. The van der Waals surface area contributed by atoms with E-state index in [1.54, 1.807) is 11.8 Å². The highest BCUT2D eigenvalue weighted by atomic mass is 32.2. The van der Waals surface area contributed by atoms with Crippen molar-refractivity contribution >= 4 is 24.3 Å². The highest BCUT2D eigenvalue weighted by Crippen LogP contribution is 2.37. The van der Waals surface area contributed by atoms with E-state index in [-0.39, 0.29) is 18.3 Å². The van der Waals surface area contributed by atoms with Crippen LogP contribution >= 0.6 is 11.8 Å². The zero-order valence-corrected chi connectivity index (χ0v) is 13.8. The second-order valence-electron chi connectivity index (χ2n) is 6.27. The molecule has 0 spiro atoms. The van der Waals surface area contributed by atoms with E-state index in [4.69, 9.17) is 9.31 Å². The van der Waals surface area contributed by atoms with Crippen molar-refractivity contribution in [3.8, 4) is 0 Å². The summed E-state index contributed by atoms with van der Waals surface area (Å²) in [5, 5.41) is 0. The summed E-state index contributed by atoms with van der Waals surface area (Å²) in [5.74, 6) is 0. The SMILES string of the molecule is CSc1cc(B2OC(C)(C)C(C)(C)O2)c(C)cc1C. The standard InChI is InChI=1S/C15H23BO2S/c1-10-8-11(2)13(19-7)9-12(10)16-17-14(3,4)15(5,6)18-16/h8-9H,1-7H3. The average molecular weight is 278 g/mol. The molecular formula is C15H23BO2S. The lowest BCUT2D eigenvalue weighted by Gasteiger charge is -2.32. The van der Waals surface area contributed by atoms with Gasteiger partial charge in [-0.25, -0.2) is 0 Å². The molecule has 0 unspecified atom stereocenters. The lowest BCUT2D eigenvalue weighted by atomic mass is 9.76. The average Bonchev–Trinajstić information content (AvgIpc) is 2.48. The molecule has 2 rings (SSSR count). The Bertz CT molecular complexity index is 481. The van der Waals surface area contributed by atoms with Gasteiger partial charge in [-0.1, -0.05) is 11.6 Å². The largest absolute Gasteiger partial charge is 0.495 e. The lowest BCUT2D eigenvalue weighted by molar-refractivity contribution is 0.00578. The molecule has 0 N–H and O–H groups in total. The molecule has 1 aromatic rings. The zero-order chi connectivity index (χ0) is 14.4. The molecular weight excluding hydrogens is 255 g/mol. The van der Waals surface area contributed by atoms with Crippen LogP contribution in [0.25, 0.3) is 0 Å². The van der Waals surface area contributed by atoms with Gasteiger partial charge >= 0.3 is 7.12 Å². The number of thioether (sulfide) groups is 1. The molecule has 1 fully saturated rings. The van der Waals surface area contributed by atoms with Crippen molar-refractivity contribution in [2.75, 3.05) is 6.26 Å². The van der Waals surface area contributed by atoms with Crippen LogP contribution in [0.3, 0.4) is 0 Å². The van der Waals surface area contributed by atoms with E-state index in [0.29, 0.717) is 0 Å². The summed E-state index contributed by atoms with van der Waals surface area (Å²) in [6, 6.07) is 4.42. The minimum atomic E-state index is -0.283. The Morgan fingerprint density at radius 3 is 1.95 bits per heavy atom. The molecule has 0 aliphatic carbocycles. The molecule has 4 heteroatoms. The fourth-order valence-corrected chi connectivity index (χ4v) is 2.92. The van der Waals surface area contributed by atoms with Gasteiger partial charge in [0.15, 0.2) is 0 Å². The smallest absolute Gasteiger partial charge is 0.399 e. The van der Waals surface area contributed by atoms with Crippen molar-refractivity contribution in [3.05, 3.63) is 23.3 Å². The minimum Gasteiger partial charge on any atom is -0.399 e. The highest BCUT2D eigenvalue weighted by Gasteiger charge is 2.52. The summed E-state index contributed by atoms with van der Waals surface area (Å²) < 4.78 is 12.3. The summed E-state index contributed by atoms with van der Waals surface area (Å²) in [6.07, 6.45) is 2.10.